The predicted octanol–water partition coefficient (Wildman–Crippen LogP) is 2.46. The number of rotatable bonds is 7. The highest BCUT2D eigenvalue weighted by Gasteiger charge is 2.16. The molecule has 0 unspecified atom stereocenters. The topological polar surface area (TPSA) is 74.4 Å². The molecule has 1 heterocycles. The minimum absolute atomic E-state index is 0.0987. The first kappa shape index (κ1) is 15.4. The van der Waals surface area contributed by atoms with Crippen LogP contribution in [0.2, 0.25) is 0 Å². The average Bonchev–Trinajstić information content (AvgIpc) is 2.48. The standard InChI is InChI=1S/C16H24N4O/c1-3-4-9-18-14-15(20(2)10-11-21)12-7-5-6-8-13(12)19-16(14)17/h5-8,18,21H,3-4,9-11H2,1-2H3,(H2,17,19). The van der Waals surface area contributed by atoms with Gasteiger partial charge < -0.3 is 21.1 Å². The zero-order valence-corrected chi connectivity index (χ0v) is 12.8. The smallest absolute Gasteiger partial charge is 0.149 e. The molecule has 0 bridgehead atoms. The van der Waals surface area contributed by atoms with E-state index in [0.29, 0.717) is 12.4 Å². The number of aliphatic hydroxyl groups excluding tert-OH is 1. The summed E-state index contributed by atoms with van der Waals surface area (Å²) in [4.78, 5) is 6.51. The lowest BCUT2D eigenvalue weighted by molar-refractivity contribution is 0.304. The van der Waals surface area contributed by atoms with Gasteiger partial charge in [-0.15, -0.1) is 0 Å². The van der Waals surface area contributed by atoms with E-state index in [0.717, 1.165) is 41.7 Å². The number of para-hydroxylation sites is 1. The fourth-order valence-electron chi connectivity index (χ4n) is 2.44. The van der Waals surface area contributed by atoms with E-state index in [-0.39, 0.29) is 6.61 Å². The summed E-state index contributed by atoms with van der Waals surface area (Å²) < 4.78 is 0. The summed E-state index contributed by atoms with van der Waals surface area (Å²) in [5.41, 5.74) is 8.87. The minimum Gasteiger partial charge on any atom is -0.395 e. The molecule has 0 amide bonds. The molecule has 4 N–H and O–H groups in total. The van der Waals surface area contributed by atoms with Gasteiger partial charge in [-0.25, -0.2) is 4.98 Å². The molecule has 0 aliphatic heterocycles. The average molecular weight is 288 g/mol. The lowest BCUT2D eigenvalue weighted by atomic mass is 10.1. The van der Waals surface area contributed by atoms with Gasteiger partial charge in [-0.05, 0) is 12.5 Å². The third-order valence-corrected chi connectivity index (χ3v) is 3.54. The molecule has 1 aromatic carbocycles. The molecule has 0 saturated carbocycles. The molecule has 1 aromatic heterocycles. The first-order valence-corrected chi connectivity index (χ1v) is 7.43. The van der Waals surface area contributed by atoms with Crippen molar-refractivity contribution in [2.75, 3.05) is 42.7 Å². The first-order valence-electron chi connectivity index (χ1n) is 7.43. The molecule has 5 heteroatoms. The Kier molecular flexibility index (Phi) is 5.22. The number of hydrogen-bond acceptors (Lipinski definition) is 5. The van der Waals surface area contributed by atoms with E-state index in [1.165, 1.54) is 0 Å². The van der Waals surface area contributed by atoms with Gasteiger partial charge in [0.05, 0.1) is 17.8 Å². The Morgan fingerprint density at radius 3 is 2.81 bits per heavy atom. The van der Waals surface area contributed by atoms with E-state index in [1.807, 2.05) is 36.2 Å². The number of unbranched alkanes of at least 4 members (excludes halogenated alkanes) is 1. The molecule has 114 valence electrons. The monoisotopic (exact) mass is 288 g/mol. The van der Waals surface area contributed by atoms with Crippen LogP contribution in [0.5, 0.6) is 0 Å². The van der Waals surface area contributed by atoms with E-state index >= 15 is 0 Å². The van der Waals surface area contributed by atoms with Gasteiger partial charge in [0, 0.05) is 25.5 Å². The van der Waals surface area contributed by atoms with Crippen molar-refractivity contribution in [3.8, 4) is 0 Å². The maximum Gasteiger partial charge on any atom is 0.149 e. The van der Waals surface area contributed by atoms with Crippen molar-refractivity contribution in [3.05, 3.63) is 24.3 Å². The number of pyridine rings is 1. The molecule has 0 aliphatic rings. The van der Waals surface area contributed by atoms with Crippen LogP contribution >= 0.6 is 0 Å². The van der Waals surface area contributed by atoms with Crippen LogP contribution in [0.3, 0.4) is 0 Å². The lowest BCUT2D eigenvalue weighted by Gasteiger charge is -2.25. The zero-order chi connectivity index (χ0) is 15.2. The Morgan fingerprint density at radius 2 is 2.10 bits per heavy atom. The fraction of sp³-hybridized carbons (Fsp3) is 0.438. The van der Waals surface area contributed by atoms with Crippen LogP contribution in [0.4, 0.5) is 17.2 Å². The molecular weight excluding hydrogens is 264 g/mol. The number of nitrogens with zero attached hydrogens (tertiary/aromatic N) is 2. The fourth-order valence-corrected chi connectivity index (χ4v) is 2.44. The third kappa shape index (κ3) is 3.36. The molecule has 0 spiro atoms. The second kappa shape index (κ2) is 7.13. The van der Waals surface area contributed by atoms with E-state index < -0.39 is 0 Å². The minimum atomic E-state index is 0.0987. The molecule has 21 heavy (non-hydrogen) atoms. The summed E-state index contributed by atoms with van der Waals surface area (Å²) in [5, 5.41) is 13.7. The van der Waals surface area contributed by atoms with E-state index in [2.05, 4.69) is 17.2 Å². The van der Waals surface area contributed by atoms with Gasteiger partial charge in [0.15, 0.2) is 0 Å². The van der Waals surface area contributed by atoms with Gasteiger partial charge in [0.1, 0.15) is 11.5 Å². The highest BCUT2D eigenvalue weighted by Crippen LogP contribution is 2.36. The number of nitrogens with two attached hydrogens (primary N) is 1. The second-order valence-electron chi connectivity index (χ2n) is 5.16. The molecule has 2 aromatic rings. The quantitative estimate of drug-likeness (QED) is 0.682. The van der Waals surface area contributed by atoms with Crippen LogP contribution in [0.1, 0.15) is 19.8 Å². The maximum atomic E-state index is 9.24. The molecular formula is C16H24N4O. The van der Waals surface area contributed by atoms with Crippen LogP contribution in [-0.2, 0) is 0 Å². The molecule has 0 atom stereocenters. The Balaban J connectivity index is 2.52. The van der Waals surface area contributed by atoms with Gasteiger partial charge >= 0.3 is 0 Å². The number of benzene rings is 1. The molecule has 0 aliphatic carbocycles. The van der Waals surface area contributed by atoms with Crippen LogP contribution in [0.15, 0.2) is 24.3 Å². The Morgan fingerprint density at radius 1 is 1.33 bits per heavy atom. The highest BCUT2D eigenvalue weighted by atomic mass is 16.3. The zero-order valence-electron chi connectivity index (χ0n) is 12.8. The first-order chi connectivity index (χ1) is 10.2. The number of nitrogens with one attached hydrogen (secondary N) is 1. The van der Waals surface area contributed by atoms with E-state index in [9.17, 15) is 5.11 Å². The second-order valence-corrected chi connectivity index (χ2v) is 5.16. The maximum absolute atomic E-state index is 9.24. The van der Waals surface area contributed by atoms with Crippen LogP contribution < -0.4 is 16.0 Å². The summed E-state index contributed by atoms with van der Waals surface area (Å²) in [5.74, 6) is 0.504. The number of likely N-dealkylation sites (N-methyl/N-ethyl adjacent to an activating group) is 1. The lowest BCUT2D eigenvalue weighted by Crippen LogP contribution is -2.23. The number of hydrogen-bond donors (Lipinski definition) is 3. The Bertz CT molecular complexity index is 600. The van der Waals surface area contributed by atoms with Crippen molar-refractivity contribution in [3.63, 3.8) is 0 Å². The van der Waals surface area contributed by atoms with Crippen molar-refractivity contribution in [2.45, 2.75) is 19.8 Å². The largest absolute Gasteiger partial charge is 0.395 e. The molecule has 2 rings (SSSR count). The van der Waals surface area contributed by atoms with Crippen LogP contribution in [0, 0.1) is 0 Å². The van der Waals surface area contributed by atoms with Crippen molar-refractivity contribution < 1.29 is 5.11 Å². The number of aromatic nitrogens is 1. The summed E-state index contributed by atoms with van der Waals surface area (Å²) in [6, 6.07) is 7.94. The Labute approximate surface area is 125 Å². The predicted molar refractivity (Wildman–Crippen MR) is 89.9 cm³/mol. The van der Waals surface area contributed by atoms with Crippen molar-refractivity contribution in [2.24, 2.45) is 0 Å². The highest BCUT2D eigenvalue weighted by molar-refractivity contribution is 6.01. The number of aliphatic hydroxyl groups is 1. The van der Waals surface area contributed by atoms with Crippen LogP contribution in [-0.4, -0.2) is 36.8 Å². The Hall–Kier alpha value is -2.01. The number of fused-ring (bicyclic) bond motifs is 1. The summed E-state index contributed by atoms with van der Waals surface area (Å²) >= 11 is 0. The van der Waals surface area contributed by atoms with Crippen molar-refractivity contribution >= 4 is 28.1 Å². The van der Waals surface area contributed by atoms with Crippen LogP contribution in [0.25, 0.3) is 10.9 Å². The van der Waals surface area contributed by atoms with Gasteiger partial charge in [0.25, 0.3) is 0 Å². The van der Waals surface area contributed by atoms with Gasteiger partial charge in [-0.1, -0.05) is 31.5 Å². The summed E-state index contributed by atoms with van der Waals surface area (Å²) in [7, 11) is 1.96. The third-order valence-electron chi connectivity index (χ3n) is 3.54. The summed E-state index contributed by atoms with van der Waals surface area (Å²) in [6.07, 6.45) is 2.20. The van der Waals surface area contributed by atoms with Gasteiger partial charge in [-0.3, -0.25) is 0 Å². The van der Waals surface area contributed by atoms with Gasteiger partial charge in [0.2, 0.25) is 0 Å². The SMILES string of the molecule is CCCCNc1c(N)nc2ccccc2c1N(C)CCO. The number of nitrogen functional groups attached to an aromatic ring is 1. The van der Waals surface area contributed by atoms with Crippen molar-refractivity contribution in [1.29, 1.82) is 0 Å². The van der Waals surface area contributed by atoms with Crippen molar-refractivity contribution in [1.82, 2.24) is 4.98 Å². The molecule has 5 nitrogen and oxygen atoms in total. The van der Waals surface area contributed by atoms with E-state index in [4.69, 9.17) is 5.73 Å². The molecule has 0 saturated heterocycles. The molecule has 0 fully saturated rings. The molecule has 0 radical (unpaired) electrons. The normalized spacial score (nSPS) is 10.8. The number of anilines is 3. The summed E-state index contributed by atoms with van der Waals surface area (Å²) in [6.45, 7) is 3.67. The van der Waals surface area contributed by atoms with Gasteiger partial charge in [-0.2, -0.15) is 0 Å². The van der Waals surface area contributed by atoms with E-state index in [1.54, 1.807) is 0 Å².